The van der Waals surface area contributed by atoms with E-state index in [-0.39, 0.29) is 21.7 Å². The molecule has 0 radical (unpaired) electrons. The van der Waals surface area contributed by atoms with Crippen LogP contribution in [0.3, 0.4) is 0 Å². The van der Waals surface area contributed by atoms with Crippen molar-refractivity contribution < 1.29 is 27.9 Å². The van der Waals surface area contributed by atoms with Gasteiger partial charge >= 0.3 is 12.1 Å². The van der Waals surface area contributed by atoms with Gasteiger partial charge < -0.3 is 10.0 Å². The number of alkyl halides is 3. The molecule has 1 saturated heterocycles. The van der Waals surface area contributed by atoms with Crippen molar-refractivity contribution in [3.05, 3.63) is 28.3 Å². The second-order valence-electron chi connectivity index (χ2n) is 6.83. The van der Waals surface area contributed by atoms with Crippen LogP contribution in [-0.4, -0.2) is 39.0 Å². The van der Waals surface area contributed by atoms with Gasteiger partial charge in [-0.15, -0.1) is 11.3 Å². The molecule has 3 atom stereocenters. The van der Waals surface area contributed by atoms with Crippen molar-refractivity contribution in [3.8, 4) is 0 Å². The Labute approximate surface area is 150 Å². The molecule has 138 valence electrons. The predicted molar refractivity (Wildman–Crippen MR) is 88.1 cm³/mol. The van der Waals surface area contributed by atoms with Crippen molar-refractivity contribution in [1.29, 1.82) is 0 Å². The number of aromatic nitrogens is 1. The Morgan fingerprint density at radius 1 is 1.31 bits per heavy atom. The zero-order chi connectivity index (χ0) is 18.8. The van der Waals surface area contributed by atoms with Crippen LogP contribution in [0.5, 0.6) is 0 Å². The zero-order valence-electron chi connectivity index (χ0n) is 13.7. The highest BCUT2D eigenvalue weighted by molar-refractivity contribution is 7.20. The van der Waals surface area contributed by atoms with Gasteiger partial charge in [-0.05, 0) is 49.8 Å². The van der Waals surface area contributed by atoms with E-state index in [1.165, 1.54) is 11.0 Å². The second kappa shape index (κ2) is 5.67. The fourth-order valence-corrected chi connectivity index (χ4v) is 5.30. The first-order valence-electron chi connectivity index (χ1n) is 8.21. The van der Waals surface area contributed by atoms with Crippen LogP contribution in [0, 0.1) is 12.8 Å². The number of fused-ring (bicyclic) bond motifs is 3. The van der Waals surface area contributed by atoms with E-state index in [2.05, 4.69) is 4.98 Å². The fourth-order valence-electron chi connectivity index (χ4n) is 4.18. The molecule has 2 aromatic rings. The minimum Gasteiger partial charge on any atom is -0.480 e. The molecule has 1 amide bonds. The molecule has 3 heterocycles. The number of aliphatic carboxylic acids is 1. The third-order valence-corrected chi connectivity index (χ3v) is 6.55. The first-order chi connectivity index (χ1) is 12.2. The lowest BCUT2D eigenvalue weighted by Crippen LogP contribution is -2.49. The molecule has 1 saturated carbocycles. The highest BCUT2D eigenvalue weighted by atomic mass is 32.1. The number of carboxylic acid groups (broad SMARTS) is 1. The van der Waals surface area contributed by atoms with Crippen molar-refractivity contribution >= 4 is 33.4 Å². The molecule has 1 aliphatic carbocycles. The van der Waals surface area contributed by atoms with E-state index in [0.29, 0.717) is 17.4 Å². The van der Waals surface area contributed by atoms with Gasteiger partial charge in [-0.2, -0.15) is 13.2 Å². The Balaban J connectivity index is 1.75. The number of piperidine rings is 1. The van der Waals surface area contributed by atoms with E-state index in [9.17, 15) is 27.9 Å². The van der Waals surface area contributed by atoms with Gasteiger partial charge in [0.2, 0.25) is 0 Å². The van der Waals surface area contributed by atoms with Crippen LogP contribution in [0.1, 0.15) is 40.2 Å². The van der Waals surface area contributed by atoms with Crippen LogP contribution < -0.4 is 0 Å². The van der Waals surface area contributed by atoms with E-state index in [0.717, 1.165) is 30.2 Å². The number of carbonyl (C=O) groups is 2. The quantitative estimate of drug-likeness (QED) is 0.857. The van der Waals surface area contributed by atoms with Gasteiger partial charge in [-0.1, -0.05) is 0 Å². The lowest BCUT2D eigenvalue weighted by molar-refractivity contribution is -0.144. The molecule has 0 spiro atoms. The maximum atomic E-state index is 13.0. The molecule has 9 heteroatoms. The van der Waals surface area contributed by atoms with E-state index >= 15 is 0 Å². The van der Waals surface area contributed by atoms with Gasteiger partial charge in [0.25, 0.3) is 5.91 Å². The number of likely N-dealkylation sites (tertiary alicyclic amines) is 1. The van der Waals surface area contributed by atoms with Crippen molar-refractivity contribution in [3.63, 3.8) is 0 Å². The molecule has 2 bridgehead atoms. The Bertz CT molecular complexity index is 924. The molecular weight excluding hydrogens is 369 g/mol. The molecule has 26 heavy (non-hydrogen) atoms. The van der Waals surface area contributed by atoms with Gasteiger partial charge in [0, 0.05) is 11.4 Å². The Kier molecular flexibility index (Phi) is 3.76. The highest BCUT2D eigenvalue weighted by Gasteiger charge is 2.52. The summed E-state index contributed by atoms with van der Waals surface area (Å²) in [4.78, 5) is 30.1. The number of hydrogen-bond donors (Lipinski definition) is 1. The maximum Gasteiger partial charge on any atom is 0.433 e. The summed E-state index contributed by atoms with van der Waals surface area (Å²) in [5, 5.41) is 10.00. The molecule has 0 unspecified atom stereocenters. The first kappa shape index (κ1) is 17.3. The molecule has 0 aromatic carbocycles. The average molecular weight is 384 g/mol. The summed E-state index contributed by atoms with van der Waals surface area (Å²) in [6, 6.07) is 1.24. The van der Waals surface area contributed by atoms with Crippen molar-refractivity contribution in [2.75, 3.05) is 0 Å². The summed E-state index contributed by atoms with van der Waals surface area (Å²) in [5.74, 6) is -1.49. The lowest BCUT2D eigenvalue weighted by atomic mass is 9.98. The number of nitrogens with zero attached hydrogens (tertiary/aromatic N) is 2. The summed E-state index contributed by atoms with van der Waals surface area (Å²) >= 11 is 0.895. The predicted octanol–water partition coefficient (Wildman–Crippen LogP) is 3.70. The minimum atomic E-state index is -4.56. The highest BCUT2D eigenvalue weighted by Crippen LogP contribution is 2.44. The number of hydrogen-bond acceptors (Lipinski definition) is 4. The summed E-state index contributed by atoms with van der Waals surface area (Å²) in [6.45, 7) is 1.66. The number of amides is 1. The average Bonchev–Trinajstić information content (AvgIpc) is 3.26. The molecular formula is C17H15F3N2O3S. The van der Waals surface area contributed by atoms with Gasteiger partial charge in [-0.25, -0.2) is 9.78 Å². The molecule has 2 aliphatic rings. The van der Waals surface area contributed by atoms with Gasteiger partial charge in [0.15, 0.2) is 0 Å². The van der Waals surface area contributed by atoms with Crippen molar-refractivity contribution in [2.45, 2.75) is 44.4 Å². The number of rotatable bonds is 2. The summed E-state index contributed by atoms with van der Waals surface area (Å²) in [5.41, 5.74) is -0.461. The van der Waals surface area contributed by atoms with Crippen LogP contribution in [-0.2, 0) is 11.0 Å². The van der Waals surface area contributed by atoms with E-state index in [1.807, 2.05) is 0 Å². The smallest absolute Gasteiger partial charge is 0.433 e. The van der Waals surface area contributed by atoms with E-state index in [1.54, 1.807) is 6.92 Å². The topological polar surface area (TPSA) is 70.5 Å². The summed E-state index contributed by atoms with van der Waals surface area (Å²) in [6.07, 6.45) is -2.34. The number of aryl methyl sites for hydroxylation is 1. The Hall–Kier alpha value is -2.16. The van der Waals surface area contributed by atoms with E-state index < -0.39 is 29.8 Å². The van der Waals surface area contributed by atoms with Gasteiger partial charge in [0.05, 0.1) is 4.88 Å². The number of carbonyl (C=O) groups excluding carboxylic acids is 1. The molecule has 5 nitrogen and oxygen atoms in total. The molecule has 2 fully saturated rings. The molecule has 1 N–H and O–H groups in total. The number of carboxylic acids is 1. The second-order valence-corrected chi connectivity index (χ2v) is 7.82. The monoisotopic (exact) mass is 384 g/mol. The number of pyridine rings is 1. The van der Waals surface area contributed by atoms with Crippen molar-refractivity contribution in [1.82, 2.24) is 9.88 Å². The lowest BCUT2D eigenvalue weighted by Gasteiger charge is -2.32. The van der Waals surface area contributed by atoms with Crippen LogP contribution in [0.4, 0.5) is 13.2 Å². The van der Waals surface area contributed by atoms with Crippen LogP contribution in [0.2, 0.25) is 0 Å². The third-order valence-electron chi connectivity index (χ3n) is 5.36. The number of thiophene rings is 1. The minimum absolute atomic E-state index is 0.0499. The normalized spacial score (nSPS) is 25.2. The van der Waals surface area contributed by atoms with Gasteiger partial charge in [0.1, 0.15) is 16.6 Å². The van der Waals surface area contributed by atoms with Gasteiger partial charge in [-0.3, -0.25) is 4.79 Å². The SMILES string of the molecule is Cc1c(C(=O)N2[C@@H]3CC[C@@H](C3)[C@H]2C(=O)O)sc2nc(C(F)(F)F)ccc12. The first-order valence-corrected chi connectivity index (χ1v) is 9.03. The third kappa shape index (κ3) is 2.48. The zero-order valence-corrected chi connectivity index (χ0v) is 14.5. The largest absolute Gasteiger partial charge is 0.480 e. The summed E-state index contributed by atoms with van der Waals surface area (Å²) in [7, 11) is 0. The maximum absolute atomic E-state index is 13.0. The van der Waals surface area contributed by atoms with Crippen LogP contribution in [0.15, 0.2) is 12.1 Å². The Morgan fingerprint density at radius 3 is 2.69 bits per heavy atom. The molecule has 1 aliphatic heterocycles. The standard InChI is InChI=1S/C17H15F3N2O3S/c1-7-10-4-5-11(17(18,19)20)21-14(10)26-13(7)15(23)22-9-3-2-8(6-9)12(22)16(24)25/h4-5,8-9,12H,2-3,6H2,1H3,(H,24,25)/t8-,9+,12-/m0/s1. The molecule has 2 aromatic heterocycles. The Morgan fingerprint density at radius 2 is 2.04 bits per heavy atom. The van der Waals surface area contributed by atoms with Crippen molar-refractivity contribution in [2.24, 2.45) is 5.92 Å². The fraction of sp³-hybridized carbons (Fsp3) is 0.471. The van der Waals surface area contributed by atoms with Crippen LogP contribution >= 0.6 is 11.3 Å². The molecule has 4 rings (SSSR count). The number of halogens is 3. The van der Waals surface area contributed by atoms with E-state index in [4.69, 9.17) is 0 Å². The van der Waals surface area contributed by atoms with Crippen LogP contribution in [0.25, 0.3) is 10.2 Å². The summed E-state index contributed by atoms with van der Waals surface area (Å²) < 4.78 is 38.6.